The topological polar surface area (TPSA) is 43.4 Å². The summed E-state index contributed by atoms with van der Waals surface area (Å²) >= 11 is 4.96. The Labute approximate surface area is 86.8 Å². The van der Waals surface area contributed by atoms with Gasteiger partial charge in [0.2, 0.25) is 0 Å². The minimum absolute atomic E-state index is 0.0910. The van der Waals surface area contributed by atoms with E-state index in [1.54, 1.807) is 25.1 Å². The normalized spacial score (nSPS) is 9.64. The molecule has 0 aliphatic rings. The Hall–Kier alpha value is -1.35. The number of hydrogen-bond donors (Lipinski definition) is 0. The summed E-state index contributed by atoms with van der Waals surface area (Å²) in [5.41, 5.74) is 1.41. The SMILES string of the molecule is CC(=O)c1cccc(C(=O)OCl)c1C. The lowest BCUT2D eigenvalue weighted by atomic mass is 10.0. The van der Waals surface area contributed by atoms with Crippen LogP contribution in [0.2, 0.25) is 0 Å². The molecule has 0 spiro atoms. The Morgan fingerprint density at radius 3 is 2.36 bits per heavy atom. The quantitative estimate of drug-likeness (QED) is 0.708. The molecule has 0 amide bonds. The van der Waals surface area contributed by atoms with Gasteiger partial charge in [-0.05, 0) is 25.5 Å². The Morgan fingerprint density at radius 2 is 1.86 bits per heavy atom. The number of halogens is 1. The number of benzene rings is 1. The van der Waals surface area contributed by atoms with Crippen LogP contribution in [0, 0.1) is 6.92 Å². The van der Waals surface area contributed by atoms with Gasteiger partial charge in [-0.25, -0.2) is 4.79 Å². The van der Waals surface area contributed by atoms with Crippen LogP contribution in [0.1, 0.15) is 33.2 Å². The molecule has 3 nitrogen and oxygen atoms in total. The molecule has 0 unspecified atom stereocenters. The van der Waals surface area contributed by atoms with Crippen molar-refractivity contribution in [3.8, 4) is 0 Å². The first-order valence-corrected chi connectivity index (χ1v) is 4.32. The van der Waals surface area contributed by atoms with Gasteiger partial charge < -0.3 is 4.29 Å². The predicted molar refractivity (Wildman–Crippen MR) is 52.5 cm³/mol. The monoisotopic (exact) mass is 212 g/mol. The summed E-state index contributed by atoms with van der Waals surface area (Å²) in [6.45, 7) is 3.12. The number of carbonyl (C=O) groups is 2. The number of hydrogen-bond acceptors (Lipinski definition) is 3. The number of Topliss-reactive ketones (excluding diaryl/α,β-unsaturated/α-hetero) is 1. The molecule has 0 aliphatic carbocycles. The maximum atomic E-state index is 11.1. The predicted octanol–water partition coefficient (Wildman–Crippen LogP) is 2.51. The van der Waals surface area contributed by atoms with E-state index in [1.165, 1.54) is 6.92 Å². The molecule has 0 saturated heterocycles. The van der Waals surface area contributed by atoms with E-state index in [4.69, 9.17) is 11.9 Å². The number of rotatable bonds is 2. The van der Waals surface area contributed by atoms with Crippen LogP contribution in [0.25, 0.3) is 0 Å². The van der Waals surface area contributed by atoms with E-state index in [0.29, 0.717) is 16.7 Å². The molecular formula is C10H9ClO3. The lowest BCUT2D eigenvalue weighted by molar-refractivity contribution is 0.0750. The third-order valence-electron chi connectivity index (χ3n) is 2.00. The van der Waals surface area contributed by atoms with Crippen molar-refractivity contribution in [2.75, 3.05) is 0 Å². The zero-order chi connectivity index (χ0) is 10.7. The van der Waals surface area contributed by atoms with Crippen molar-refractivity contribution in [3.63, 3.8) is 0 Å². The van der Waals surface area contributed by atoms with Crippen molar-refractivity contribution in [2.45, 2.75) is 13.8 Å². The van der Waals surface area contributed by atoms with E-state index in [1.807, 2.05) is 0 Å². The highest BCUT2D eigenvalue weighted by atomic mass is 35.5. The molecule has 74 valence electrons. The maximum absolute atomic E-state index is 11.1. The van der Waals surface area contributed by atoms with Crippen LogP contribution in [0.3, 0.4) is 0 Å². The van der Waals surface area contributed by atoms with Gasteiger partial charge in [0.25, 0.3) is 0 Å². The first kappa shape index (κ1) is 10.7. The molecule has 1 aromatic carbocycles. The van der Waals surface area contributed by atoms with Crippen LogP contribution in [0.15, 0.2) is 18.2 Å². The second-order valence-electron chi connectivity index (χ2n) is 2.90. The van der Waals surface area contributed by atoms with Crippen molar-refractivity contribution < 1.29 is 13.9 Å². The fraction of sp³-hybridized carbons (Fsp3) is 0.200. The van der Waals surface area contributed by atoms with Crippen molar-refractivity contribution in [1.82, 2.24) is 0 Å². The van der Waals surface area contributed by atoms with Crippen LogP contribution in [0.5, 0.6) is 0 Å². The summed E-state index contributed by atoms with van der Waals surface area (Å²) in [6, 6.07) is 4.84. The maximum Gasteiger partial charge on any atom is 0.356 e. The summed E-state index contributed by atoms with van der Waals surface area (Å²) in [7, 11) is 0. The fourth-order valence-electron chi connectivity index (χ4n) is 1.28. The van der Waals surface area contributed by atoms with Crippen LogP contribution in [0.4, 0.5) is 0 Å². The highest BCUT2D eigenvalue weighted by molar-refractivity contribution is 6.16. The Kier molecular flexibility index (Phi) is 3.25. The largest absolute Gasteiger partial charge is 0.356 e. The van der Waals surface area contributed by atoms with Gasteiger partial charge in [0.15, 0.2) is 5.78 Å². The van der Waals surface area contributed by atoms with Gasteiger partial charge in [0.1, 0.15) is 11.9 Å². The van der Waals surface area contributed by atoms with Gasteiger partial charge >= 0.3 is 5.97 Å². The summed E-state index contributed by atoms with van der Waals surface area (Å²) < 4.78 is 4.07. The highest BCUT2D eigenvalue weighted by Gasteiger charge is 2.14. The van der Waals surface area contributed by atoms with Crippen LogP contribution >= 0.6 is 11.9 Å². The minimum Gasteiger partial charge on any atom is -0.343 e. The Morgan fingerprint density at radius 1 is 1.29 bits per heavy atom. The molecular weight excluding hydrogens is 204 g/mol. The van der Waals surface area contributed by atoms with E-state index < -0.39 is 5.97 Å². The van der Waals surface area contributed by atoms with Crippen molar-refractivity contribution >= 4 is 23.6 Å². The summed E-state index contributed by atoms with van der Waals surface area (Å²) in [6.07, 6.45) is 0. The van der Waals surface area contributed by atoms with E-state index in [0.717, 1.165) is 0 Å². The van der Waals surface area contributed by atoms with Gasteiger partial charge in [0.05, 0.1) is 5.56 Å². The molecule has 0 N–H and O–H groups in total. The van der Waals surface area contributed by atoms with Gasteiger partial charge in [-0.2, -0.15) is 0 Å². The molecule has 0 fully saturated rings. The third kappa shape index (κ3) is 1.93. The summed E-state index contributed by atoms with van der Waals surface area (Å²) in [5.74, 6) is -0.737. The molecule has 0 saturated carbocycles. The molecule has 1 rings (SSSR count). The first-order chi connectivity index (χ1) is 6.57. The fourth-order valence-corrected chi connectivity index (χ4v) is 1.36. The second-order valence-corrected chi connectivity index (χ2v) is 3.05. The van der Waals surface area contributed by atoms with Gasteiger partial charge in [-0.1, -0.05) is 12.1 Å². The molecule has 14 heavy (non-hydrogen) atoms. The Balaban J connectivity index is 3.27. The van der Waals surface area contributed by atoms with Crippen molar-refractivity contribution in [1.29, 1.82) is 0 Å². The molecule has 1 aromatic rings. The average molecular weight is 213 g/mol. The molecule has 4 heteroatoms. The zero-order valence-electron chi connectivity index (χ0n) is 7.83. The first-order valence-electron chi connectivity index (χ1n) is 4.01. The standard InChI is InChI=1S/C10H9ClO3/c1-6-8(7(2)12)4-3-5-9(6)10(13)14-11/h3-5H,1-2H3. The van der Waals surface area contributed by atoms with Gasteiger partial charge in [0, 0.05) is 5.56 Å². The van der Waals surface area contributed by atoms with Gasteiger partial charge in [-0.15, -0.1) is 0 Å². The smallest absolute Gasteiger partial charge is 0.343 e. The molecule has 0 aromatic heterocycles. The minimum atomic E-state index is -0.646. The second kappa shape index (κ2) is 4.24. The van der Waals surface area contributed by atoms with Crippen LogP contribution in [-0.2, 0) is 4.29 Å². The number of carbonyl (C=O) groups excluding carboxylic acids is 2. The lowest BCUT2D eigenvalue weighted by Gasteiger charge is -2.05. The van der Waals surface area contributed by atoms with Gasteiger partial charge in [-0.3, -0.25) is 4.79 Å². The van der Waals surface area contributed by atoms with E-state index in [2.05, 4.69) is 4.29 Å². The van der Waals surface area contributed by atoms with Crippen molar-refractivity contribution in [3.05, 3.63) is 34.9 Å². The molecule has 0 heterocycles. The molecule has 0 atom stereocenters. The lowest BCUT2D eigenvalue weighted by Crippen LogP contribution is -2.05. The average Bonchev–Trinajstić information content (AvgIpc) is 2.16. The van der Waals surface area contributed by atoms with E-state index in [-0.39, 0.29) is 5.78 Å². The highest BCUT2D eigenvalue weighted by Crippen LogP contribution is 2.15. The molecule has 0 bridgehead atoms. The Bertz CT molecular complexity index is 385. The summed E-state index contributed by atoms with van der Waals surface area (Å²) in [4.78, 5) is 22.3. The van der Waals surface area contributed by atoms with Crippen molar-refractivity contribution in [2.24, 2.45) is 0 Å². The number of ketones is 1. The zero-order valence-corrected chi connectivity index (χ0v) is 8.59. The molecule has 0 radical (unpaired) electrons. The van der Waals surface area contributed by atoms with E-state index >= 15 is 0 Å². The molecule has 0 aliphatic heterocycles. The summed E-state index contributed by atoms with van der Waals surface area (Å²) in [5, 5.41) is 0. The van der Waals surface area contributed by atoms with E-state index in [9.17, 15) is 9.59 Å². The van der Waals surface area contributed by atoms with Crippen LogP contribution in [-0.4, -0.2) is 11.8 Å². The van der Waals surface area contributed by atoms with Crippen LogP contribution < -0.4 is 0 Å². The third-order valence-corrected chi connectivity index (χ3v) is 2.14.